The highest BCUT2D eigenvalue weighted by molar-refractivity contribution is 5.91. The van der Waals surface area contributed by atoms with E-state index in [9.17, 15) is 9.59 Å². The Morgan fingerprint density at radius 2 is 0.727 bits per heavy atom. The number of morpholine rings is 1. The fourth-order valence-electron chi connectivity index (χ4n) is 11.0. The summed E-state index contributed by atoms with van der Waals surface area (Å²) < 4.78 is 5.36. The first kappa shape index (κ1) is 104. The molecule has 8 aromatic carbocycles. The first-order valence-electron chi connectivity index (χ1n) is 43.1. The second-order valence-corrected chi connectivity index (χ2v) is 33.5. The number of allylic oxidation sites excluding steroid dienone is 9. The van der Waals surface area contributed by atoms with Gasteiger partial charge in [0.25, 0.3) is 0 Å². The normalized spacial score (nSPS) is 12.2. The van der Waals surface area contributed by atoms with E-state index in [1.807, 2.05) is 98.8 Å². The van der Waals surface area contributed by atoms with Crippen LogP contribution in [-0.2, 0) is 20.7 Å². The second kappa shape index (κ2) is 57.7. The Morgan fingerprint density at radius 3 is 1.05 bits per heavy atom. The summed E-state index contributed by atoms with van der Waals surface area (Å²) in [6, 6.07) is 64.7. The van der Waals surface area contributed by atoms with Crippen LogP contribution in [0, 0.1) is 47.3 Å². The number of anilines is 4. The maximum Gasteiger partial charge on any atom is 0.223 e. The minimum atomic E-state index is -0.0412. The van der Waals surface area contributed by atoms with Crippen molar-refractivity contribution in [3.05, 3.63) is 335 Å². The summed E-state index contributed by atoms with van der Waals surface area (Å²) in [6.07, 6.45) is 40.3. The van der Waals surface area contributed by atoms with E-state index in [1.54, 1.807) is 18.9 Å². The van der Waals surface area contributed by atoms with Gasteiger partial charge in [0.1, 0.15) is 0 Å². The zero-order valence-electron chi connectivity index (χ0n) is 78.2. The van der Waals surface area contributed by atoms with Crippen LogP contribution in [0.15, 0.2) is 262 Å². The molecule has 2 amide bonds. The molecule has 1 aliphatic heterocycles. The van der Waals surface area contributed by atoms with Crippen molar-refractivity contribution < 1.29 is 14.3 Å². The zero-order chi connectivity index (χ0) is 89.9. The predicted molar refractivity (Wildman–Crippen MR) is 540 cm³/mol. The number of fused-ring (bicyclic) bond motifs is 1. The van der Waals surface area contributed by atoms with Crippen molar-refractivity contribution in [1.29, 1.82) is 0 Å². The van der Waals surface area contributed by atoms with Crippen LogP contribution >= 0.6 is 0 Å². The molecular weight excluding hydrogens is 1480 g/mol. The minimum Gasteiger partial charge on any atom is -0.399 e. The van der Waals surface area contributed by atoms with Crippen LogP contribution < -0.4 is 31.1 Å². The Hall–Kier alpha value is -11.5. The van der Waals surface area contributed by atoms with Gasteiger partial charge in [-0.1, -0.05) is 379 Å². The van der Waals surface area contributed by atoms with Crippen molar-refractivity contribution in [3.8, 4) is 0 Å². The lowest BCUT2D eigenvalue weighted by molar-refractivity contribution is -0.116. The minimum absolute atomic E-state index is 0.0412. The number of ether oxygens (including phenoxy) is 1. The van der Waals surface area contributed by atoms with Gasteiger partial charge in [0, 0.05) is 109 Å². The summed E-state index contributed by atoms with van der Waals surface area (Å²) in [7, 11) is 11.8. The SMILES string of the molecule is C=C(N)c1ccc(/C=C/C(C)C)cc1.C=C(NC)c1ccc(/C=C/C(C)C)cc1.C=C(c1ccc(/C=C/C(C)C)cc1)N(C)C.CC(=O)N(C)c1ccc(/C=C/C(C)C)cc1.CC(=O)Nc1ccc(/C=C/C(C)C)cc1.CC(C)/C=C/c1ccc(N(C)C)cc1.CC(C)/C=C/c1ccc(N2CCOCC2)cc1.CC(C)/C=C/c1ccc2c(c1)CC=C2. The fraction of sp³-hybridized carbons (Fsp3) is 0.333. The molecule has 0 atom stereocenters. The maximum atomic E-state index is 11.2. The maximum absolute atomic E-state index is 11.2. The third-order valence-electron chi connectivity index (χ3n) is 18.5. The quantitative estimate of drug-likeness (QED) is 0.0520. The molecular formula is C111H149N7O3. The molecule has 0 saturated carbocycles. The Balaban J connectivity index is 0.000000358. The first-order chi connectivity index (χ1) is 57.4. The molecule has 0 bridgehead atoms. The number of benzene rings is 8. The van der Waals surface area contributed by atoms with E-state index in [2.05, 4.69) is 390 Å². The third-order valence-corrected chi connectivity index (χ3v) is 18.5. The monoisotopic (exact) mass is 1630 g/mol. The van der Waals surface area contributed by atoms with Crippen molar-refractivity contribution >= 4 is 106 Å². The van der Waals surface area contributed by atoms with E-state index in [1.165, 1.54) is 68.4 Å². The Labute approximate surface area is 733 Å². The van der Waals surface area contributed by atoms with E-state index in [-0.39, 0.29) is 11.8 Å². The highest BCUT2D eigenvalue weighted by atomic mass is 16.5. The molecule has 10 rings (SSSR count). The van der Waals surface area contributed by atoms with Gasteiger partial charge < -0.3 is 40.7 Å². The van der Waals surface area contributed by atoms with Gasteiger partial charge in [0.2, 0.25) is 11.8 Å². The summed E-state index contributed by atoms with van der Waals surface area (Å²) in [5, 5.41) is 5.77. The van der Waals surface area contributed by atoms with E-state index in [4.69, 9.17) is 10.5 Å². The Kier molecular flexibility index (Phi) is 49.4. The van der Waals surface area contributed by atoms with Gasteiger partial charge in [-0.05, 0) is 175 Å². The topological polar surface area (TPSA) is 106 Å². The number of rotatable bonds is 25. The van der Waals surface area contributed by atoms with E-state index in [0.717, 1.165) is 77.7 Å². The molecule has 0 radical (unpaired) electrons. The number of nitrogens with one attached hydrogen (secondary N) is 2. The van der Waals surface area contributed by atoms with E-state index >= 15 is 0 Å². The average molecular weight is 1630 g/mol. The largest absolute Gasteiger partial charge is 0.399 e. The Bertz CT molecular complexity index is 4590. The lowest BCUT2D eigenvalue weighted by atomic mass is 10.0. The smallest absolute Gasteiger partial charge is 0.223 e. The summed E-state index contributed by atoms with van der Waals surface area (Å²) in [4.78, 5) is 30.1. The molecule has 8 aromatic rings. The number of nitrogens with two attached hydrogens (primary N) is 1. The van der Waals surface area contributed by atoms with Crippen molar-refractivity contribution in [2.45, 2.75) is 131 Å². The van der Waals surface area contributed by atoms with Crippen molar-refractivity contribution in [1.82, 2.24) is 10.2 Å². The molecule has 1 aliphatic carbocycles. The van der Waals surface area contributed by atoms with Crippen LogP contribution in [0.3, 0.4) is 0 Å². The van der Waals surface area contributed by atoms with Gasteiger partial charge in [-0.15, -0.1) is 0 Å². The number of amides is 2. The van der Waals surface area contributed by atoms with Crippen LogP contribution in [0.2, 0.25) is 0 Å². The number of carbonyl (C=O) groups is 2. The second-order valence-electron chi connectivity index (χ2n) is 33.5. The van der Waals surface area contributed by atoms with Crippen LogP contribution in [-0.4, -0.2) is 85.3 Å². The molecule has 1 saturated heterocycles. The van der Waals surface area contributed by atoms with Gasteiger partial charge in [-0.25, -0.2) is 0 Å². The molecule has 0 aromatic heterocycles. The average Bonchev–Trinajstić information content (AvgIpc) is 1.40. The van der Waals surface area contributed by atoms with E-state index < -0.39 is 0 Å². The predicted octanol–water partition coefficient (Wildman–Crippen LogP) is 27.9. The molecule has 646 valence electrons. The molecule has 10 nitrogen and oxygen atoms in total. The lowest BCUT2D eigenvalue weighted by Crippen LogP contribution is -2.36. The number of carbonyl (C=O) groups excluding carboxylic acids is 2. The van der Waals surface area contributed by atoms with Crippen molar-refractivity contribution in [2.24, 2.45) is 53.1 Å². The van der Waals surface area contributed by atoms with Gasteiger partial charge in [-0.3, -0.25) is 9.59 Å². The lowest BCUT2D eigenvalue weighted by Gasteiger charge is -2.28. The first-order valence-corrected chi connectivity index (χ1v) is 43.1. The Morgan fingerprint density at radius 1 is 0.413 bits per heavy atom. The summed E-state index contributed by atoms with van der Waals surface area (Å²) in [6.45, 7) is 53.2. The molecule has 1 fully saturated rings. The van der Waals surface area contributed by atoms with Gasteiger partial charge >= 0.3 is 0 Å². The highest BCUT2D eigenvalue weighted by Crippen LogP contribution is 2.24. The van der Waals surface area contributed by atoms with E-state index in [0.29, 0.717) is 53.0 Å². The summed E-state index contributed by atoms with van der Waals surface area (Å²) in [5.41, 5.74) is 28.5. The molecule has 4 N–H and O–H groups in total. The summed E-state index contributed by atoms with van der Waals surface area (Å²) in [5.74, 6) is 4.73. The fourth-order valence-corrected chi connectivity index (χ4v) is 11.0. The van der Waals surface area contributed by atoms with Gasteiger partial charge in [0.05, 0.1) is 13.2 Å². The van der Waals surface area contributed by atoms with Crippen LogP contribution in [0.25, 0.3) is 71.8 Å². The molecule has 0 unspecified atom stereocenters. The van der Waals surface area contributed by atoms with Crippen LogP contribution in [0.4, 0.5) is 22.7 Å². The van der Waals surface area contributed by atoms with Crippen LogP contribution in [0.5, 0.6) is 0 Å². The number of nitrogens with zero attached hydrogens (tertiary/aromatic N) is 4. The molecule has 0 spiro atoms. The third kappa shape index (κ3) is 46.1. The molecule has 1 heterocycles. The zero-order valence-corrected chi connectivity index (χ0v) is 78.2. The van der Waals surface area contributed by atoms with Crippen LogP contribution in [0.1, 0.15) is 197 Å². The van der Waals surface area contributed by atoms with Crippen molar-refractivity contribution in [2.75, 3.05) is 88.6 Å². The van der Waals surface area contributed by atoms with Crippen molar-refractivity contribution in [3.63, 3.8) is 0 Å². The highest BCUT2D eigenvalue weighted by Gasteiger charge is 2.12. The number of hydrogen-bond donors (Lipinski definition) is 3. The molecule has 2 aliphatic rings. The molecule has 121 heavy (non-hydrogen) atoms. The molecule has 10 heteroatoms. The van der Waals surface area contributed by atoms with Gasteiger partial charge in [0.15, 0.2) is 0 Å². The number of hydrogen-bond acceptors (Lipinski definition) is 8. The summed E-state index contributed by atoms with van der Waals surface area (Å²) >= 11 is 0. The van der Waals surface area contributed by atoms with Gasteiger partial charge in [-0.2, -0.15) is 0 Å². The standard InChI is InChI=1S/C15H21NO.C15H21N.C14H19NO.C14H19N.C14H16.C13H17NO.C13H19N.C13H17N/c1-13(2)3-4-14-5-7-15(8-6-14)16-9-11-17-12-10-16;1-12(2)6-7-14-8-10-15(11-9-14)13(3)16(4)5;1-11(2)5-6-13-7-9-14(10-8-13)15(4)12(3)16;1-11(2)5-6-13-7-9-14(10-8-13)12(3)15-4;1-11(2)6-7-12-8-9-13-4-3-5-14(13)10-12;1-10(2)4-5-12-6-8-13(9-7-12)14-11(3)15;1-11(2)5-6-12-7-9-13(10-8-12)14(3)4;1-10(2)4-5-12-6-8-13(9-7-12)11(3)14/h3-8,13H,9-12H2,1-2H3;6-12H,3H2,1-2,4-5H3;5-11H,1-4H3;5-11,15H,3H2,1-2,4H3;3-4,6-11H,5H2,1-2H3;4-10H,1-3H3,(H,14,15);5-11H,1-4H3;4-10H,3,14H2,1-2H3/b4-3+;7-6+;2*6-5+;7-6+;5-4+;6-5+;5-4+.